The first-order chi connectivity index (χ1) is 24.9. The molecular weight excluding hydrogens is 671 g/mol. The van der Waals surface area contributed by atoms with Gasteiger partial charge in [-0.2, -0.15) is 0 Å². The van der Waals surface area contributed by atoms with E-state index < -0.39 is 43.8 Å². The van der Waals surface area contributed by atoms with Crippen LogP contribution in [0.1, 0.15) is 34.9 Å². The van der Waals surface area contributed by atoms with Gasteiger partial charge >= 0.3 is 5.69 Å². The summed E-state index contributed by atoms with van der Waals surface area (Å²) in [6.45, 7) is 2.81. The van der Waals surface area contributed by atoms with Gasteiger partial charge in [0.05, 0.1) is 40.1 Å². The molecule has 5 aromatic rings. The van der Waals surface area contributed by atoms with Gasteiger partial charge in [-0.05, 0) is 60.0 Å². The molecule has 2 saturated heterocycles. The van der Waals surface area contributed by atoms with Gasteiger partial charge in [0.25, 0.3) is 14.1 Å². The number of nitrogens with zero attached hydrogens (tertiary/aromatic N) is 3. The van der Waals surface area contributed by atoms with Crippen LogP contribution < -0.4 is 25.4 Å². The maximum atomic E-state index is 13.0. The summed E-state index contributed by atoms with van der Waals surface area (Å²) in [5.41, 5.74) is 0.901. The Morgan fingerprint density at radius 1 is 0.882 bits per heavy atom. The van der Waals surface area contributed by atoms with Crippen molar-refractivity contribution in [1.29, 1.82) is 0 Å². The Hall–Kier alpha value is -4.84. The number of H-pyrrole nitrogens is 1. The molecule has 1 unspecified atom stereocenters. The number of ether oxygens (including phenoxy) is 4. The van der Waals surface area contributed by atoms with E-state index in [9.17, 15) is 9.59 Å². The van der Waals surface area contributed by atoms with Gasteiger partial charge < -0.3 is 28.0 Å². The van der Waals surface area contributed by atoms with Crippen LogP contribution in [-0.2, 0) is 24.1 Å². The Kier molecular flexibility index (Phi) is 10.3. The highest BCUT2D eigenvalue weighted by Crippen LogP contribution is 2.52. The standard InChI is InChI=1S/C38H39N4O8P/c1-26-24-41(37(44)40-36(26)43)35-23-32(50-51-42(21-22-48-51)34-11-7-8-20-39-34)33(49-35)25-47-38(27-9-5-4-6-10-27,28-12-16-30(45-2)17-13-28)29-14-18-31(46-3)19-15-29/h4-20,24,32-33,35H,21-23,25H2,1-3H3,(H,40,43,44)/t32-,33+,35+,51?/m0/s1. The van der Waals surface area contributed by atoms with E-state index in [1.165, 1.54) is 10.8 Å². The predicted octanol–water partition coefficient (Wildman–Crippen LogP) is 5.70. The number of aryl methyl sites for hydroxylation is 1. The molecule has 0 aliphatic carbocycles. The van der Waals surface area contributed by atoms with Crippen LogP contribution in [0.5, 0.6) is 11.5 Å². The van der Waals surface area contributed by atoms with E-state index in [2.05, 4.69) is 9.97 Å². The molecule has 0 bridgehead atoms. The van der Waals surface area contributed by atoms with E-state index in [0.29, 0.717) is 36.6 Å². The summed E-state index contributed by atoms with van der Waals surface area (Å²) in [5, 5.41) is 0. The van der Waals surface area contributed by atoms with Crippen molar-refractivity contribution in [3.8, 4) is 11.5 Å². The van der Waals surface area contributed by atoms with Crippen LogP contribution in [0.2, 0.25) is 0 Å². The number of methoxy groups -OCH3 is 2. The molecule has 12 nitrogen and oxygen atoms in total. The summed E-state index contributed by atoms with van der Waals surface area (Å²) >= 11 is 0. The molecule has 1 N–H and O–H groups in total. The number of aromatic nitrogens is 3. The number of benzene rings is 3. The summed E-state index contributed by atoms with van der Waals surface area (Å²) in [7, 11) is 1.72. The van der Waals surface area contributed by atoms with E-state index in [4.69, 9.17) is 28.0 Å². The van der Waals surface area contributed by atoms with Gasteiger partial charge in [-0.3, -0.25) is 19.0 Å². The quantitative estimate of drug-likeness (QED) is 0.127. The van der Waals surface area contributed by atoms with Crippen LogP contribution in [-0.4, -0.2) is 60.7 Å². The normalized spacial score (nSPS) is 20.4. The van der Waals surface area contributed by atoms with Crippen LogP contribution in [0.25, 0.3) is 0 Å². The third kappa shape index (κ3) is 7.06. The van der Waals surface area contributed by atoms with Crippen molar-refractivity contribution in [2.24, 2.45) is 0 Å². The van der Waals surface area contributed by atoms with Gasteiger partial charge in [-0.15, -0.1) is 0 Å². The average Bonchev–Trinajstić information content (AvgIpc) is 3.81. The minimum absolute atomic E-state index is 0.0674. The number of rotatable bonds is 12. The lowest BCUT2D eigenvalue weighted by molar-refractivity contribution is -0.0916. The summed E-state index contributed by atoms with van der Waals surface area (Å²) in [6, 6.07) is 31.3. The molecule has 264 valence electrons. The molecule has 13 heteroatoms. The first-order valence-corrected chi connectivity index (χ1v) is 17.8. The Bertz CT molecular complexity index is 1980. The zero-order chi connectivity index (χ0) is 35.4. The Morgan fingerprint density at radius 3 is 2.16 bits per heavy atom. The van der Waals surface area contributed by atoms with Crippen LogP contribution in [0.4, 0.5) is 5.82 Å². The number of pyridine rings is 1. The maximum Gasteiger partial charge on any atom is 0.330 e. The minimum atomic E-state index is -1.55. The van der Waals surface area contributed by atoms with Gasteiger partial charge in [0.2, 0.25) is 0 Å². The summed E-state index contributed by atoms with van der Waals surface area (Å²) in [6.07, 6.45) is 1.63. The van der Waals surface area contributed by atoms with Crippen molar-refractivity contribution >= 4 is 14.3 Å². The van der Waals surface area contributed by atoms with Gasteiger partial charge in [0.15, 0.2) is 0 Å². The van der Waals surface area contributed by atoms with Crippen molar-refractivity contribution in [2.45, 2.75) is 37.4 Å². The molecule has 2 aliphatic rings. The highest BCUT2D eigenvalue weighted by Gasteiger charge is 2.45. The number of hydrogen-bond acceptors (Lipinski definition) is 10. The Balaban J connectivity index is 1.28. The first kappa shape index (κ1) is 34.6. The number of aromatic amines is 1. The zero-order valence-corrected chi connectivity index (χ0v) is 29.4. The van der Waals surface area contributed by atoms with Crippen LogP contribution in [0, 0.1) is 6.92 Å². The molecular formula is C38H39N4O8P. The Labute approximate surface area is 296 Å². The largest absolute Gasteiger partial charge is 0.497 e. The fraction of sp³-hybridized carbons (Fsp3) is 0.289. The van der Waals surface area contributed by atoms with Crippen LogP contribution >= 0.6 is 8.53 Å². The molecule has 2 fully saturated rings. The molecule has 2 aromatic heterocycles. The number of nitrogens with one attached hydrogen (secondary N) is 1. The molecule has 4 atom stereocenters. The monoisotopic (exact) mass is 710 g/mol. The van der Waals surface area contributed by atoms with E-state index in [1.54, 1.807) is 27.3 Å². The second-order valence-electron chi connectivity index (χ2n) is 12.2. The van der Waals surface area contributed by atoms with Gasteiger partial charge in [-0.1, -0.05) is 60.7 Å². The van der Waals surface area contributed by atoms with Gasteiger partial charge in [0, 0.05) is 24.4 Å². The van der Waals surface area contributed by atoms with Crippen molar-refractivity contribution in [2.75, 3.05) is 38.6 Å². The van der Waals surface area contributed by atoms with E-state index in [-0.39, 0.29) is 6.61 Å². The van der Waals surface area contributed by atoms with Crippen molar-refractivity contribution in [3.63, 3.8) is 0 Å². The number of anilines is 1. The molecule has 0 radical (unpaired) electrons. The van der Waals surface area contributed by atoms with E-state index >= 15 is 0 Å². The molecule has 0 saturated carbocycles. The van der Waals surface area contributed by atoms with Crippen molar-refractivity contribution in [3.05, 3.63) is 153 Å². The molecule has 4 heterocycles. The Morgan fingerprint density at radius 2 is 1.53 bits per heavy atom. The minimum Gasteiger partial charge on any atom is -0.497 e. The summed E-state index contributed by atoms with van der Waals surface area (Å²) in [4.78, 5) is 32.2. The zero-order valence-electron chi connectivity index (χ0n) is 28.5. The lowest BCUT2D eigenvalue weighted by atomic mass is 9.80. The molecule has 7 rings (SSSR count). The maximum absolute atomic E-state index is 13.0. The number of hydrogen-bond donors (Lipinski definition) is 1. The highest BCUT2D eigenvalue weighted by molar-refractivity contribution is 7.49. The van der Waals surface area contributed by atoms with Crippen LogP contribution in [0.3, 0.4) is 0 Å². The SMILES string of the molecule is COc1ccc(C(OC[C@H]2O[C@@H](n3cc(C)c(=O)[nH]c3=O)C[C@@H]2OP2OCCN2c2ccccn2)(c2ccccc2)c2ccc(OC)cc2)cc1. The second-order valence-corrected chi connectivity index (χ2v) is 13.6. The molecule has 51 heavy (non-hydrogen) atoms. The summed E-state index contributed by atoms with van der Waals surface area (Å²) < 4.78 is 41.1. The summed E-state index contributed by atoms with van der Waals surface area (Å²) in [5.74, 6) is 2.17. The van der Waals surface area contributed by atoms with Crippen molar-refractivity contribution < 1.29 is 28.0 Å². The second kappa shape index (κ2) is 15.2. The van der Waals surface area contributed by atoms with E-state index in [0.717, 1.165) is 22.5 Å². The smallest absolute Gasteiger partial charge is 0.330 e. The third-order valence-corrected chi connectivity index (χ3v) is 10.8. The van der Waals surface area contributed by atoms with Crippen molar-refractivity contribution in [1.82, 2.24) is 14.5 Å². The van der Waals surface area contributed by atoms with Gasteiger partial charge in [0.1, 0.15) is 35.2 Å². The molecule has 3 aromatic carbocycles. The third-order valence-electron chi connectivity index (χ3n) is 9.12. The van der Waals surface area contributed by atoms with E-state index in [1.807, 2.05) is 102 Å². The lowest BCUT2D eigenvalue weighted by Gasteiger charge is -2.37. The van der Waals surface area contributed by atoms with Crippen LogP contribution in [0.15, 0.2) is 119 Å². The highest BCUT2D eigenvalue weighted by atomic mass is 31.2. The molecule has 2 aliphatic heterocycles. The first-order valence-electron chi connectivity index (χ1n) is 16.6. The average molecular weight is 711 g/mol. The lowest BCUT2D eigenvalue weighted by Crippen LogP contribution is -2.38. The fourth-order valence-electron chi connectivity index (χ4n) is 6.48. The van der Waals surface area contributed by atoms with Gasteiger partial charge in [-0.25, -0.2) is 9.78 Å². The fourth-order valence-corrected chi connectivity index (χ4v) is 8.01. The molecule has 0 amide bonds. The topological polar surface area (TPSA) is 126 Å². The predicted molar refractivity (Wildman–Crippen MR) is 192 cm³/mol. The molecule has 0 spiro atoms.